The first-order chi connectivity index (χ1) is 11.8. The number of rotatable bonds is 4. The van der Waals surface area contributed by atoms with Gasteiger partial charge in [0, 0.05) is 29.2 Å². The molecule has 1 aromatic rings. The van der Waals surface area contributed by atoms with Gasteiger partial charge in [-0.25, -0.2) is 0 Å². The highest BCUT2D eigenvalue weighted by Crippen LogP contribution is 2.33. The molecular formula is C20H30ClN3. The summed E-state index contributed by atoms with van der Waals surface area (Å²) in [5.74, 6) is 0. The van der Waals surface area contributed by atoms with Gasteiger partial charge in [0.15, 0.2) is 0 Å². The van der Waals surface area contributed by atoms with Crippen molar-refractivity contribution in [2.45, 2.75) is 62.6 Å². The Morgan fingerprint density at radius 2 is 2.00 bits per heavy atom. The summed E-state index contributed by atoms with van der Waals surface area (Å²) < 4.78 is 0. The van der Waals surface area contributed by atoms with E-state index in [0.717, 1.165) is 30.6 Å². The molecule has 0 amide bonds. The Bertz CT molecular complexity index is 552. The molecule has 2 atom stereocenters. The Morgan fingerprint density at radius 3 is 2.71 bits per heavy atom. The van der Waals surface area contributed by atoms with Crippen molar-refractivity contribution in [3.8, 4) is 0 Å². The summed E-state index contributed by atoms with van der Waals surface area (Å²) in [7, 11) is 0. The molecule has 1 aliphatic carbocycles. The molecule has 0 bridgehead atoms. The molecule has 2 aliphatic heterocycles. The van der Waals surface area contributed by atoms with Crippen molar-refractivity contribution in [3.63, 3.8) is 0 Å². The zero-order valence-electron chi connectivity index (χ0n) is 14.6. The second-order valence-electron chi connectivity index (χ2n) is 7.89. The highest BCUT2D eigenvalue weighted by Gasteiger charge is 2.43. The second kappa shape index (κ2) is 7.33. The Morgan fingerprint density at radius 1 is 1.12 bits per heavy atom. The molecule has 2 unspecified atom stereocenters. The van der Waals surface area contributed by atoms with E-state index in [0.29, 0.717) is 6.04 Å². The molecule has 24 heavy (non-hydrogen) atoms. The molecule has 3 aliphatic rings. The highest BCUT2D eigenvalue weighted by molar-refractivity contribution is 6.31. The van der Waals surface area contributed by atoms with Crippen LogP contribution in [0.2, 0.25) is 5.02 Å². The fourth-order valence-corrected chi connectivity index (χ4v) is 4.99. The van der Waals surface area contributed by atoms with Crippen LogP contribution in [-0.2, 0) is 6.42 Å². The van der Waals surface area contributed by atoms with Gasteiger partial charge in [0.25, 0.3) is 0 Å². The van der Waals surface area contributed by atoms with Crippen molar-refractivity contribution in [3.05, 3.63) is 34.9 Å². The molecule has 0 radical (unpaired) electrons. The summed E-state index contributed by atoms with van der Waals surface area (Å²) in [6, 6.07) is 9.73. The van der Waals surface area contributed by atoms with Crippen LogP contribution in [0.15, 0.2) is 24.3 Å². The SMILES string of the molecule is Clc1ccccc1CC1(C2CN(C3CCC3)CCCN2)CCCN1. The molecule has 2 N–H and O–H groups in total. The fraction of sp³-hybridized carbons (Fsp3) is 0.700. The van der Waals surface area contributed by atoms with Gasteiger partial charge in [-0.2, -0.15) is 0 Å². The van der Waals surface area contributed by atoms with Gasteiger partial charge in [-0.3, -0.25) is 4.90 Å². The molecule has 0 aromatic heterocycles. The summed E-state index contributed by atoms with van der Waals surface area (Å²) in [6.45, 7) is 4.71. The van der Waals surface area contributed by atoms with E-state index in [1.807, 2.05) is 12.1 Å². The molecule has 2 saturated heterocycles. The number of hydrogen-bond acceptors (Lipinski definition) is 3. The zero-order valence-corrected chi connectivity index (χ0v) is 15.3. The highest BCUT2D eigenvalue weighted by atomic mass is 35.5. The van der Waals surface area contributed by atoms with Crippen LogP contribution < -0.4 is 10.6 Å². The molecule has 0 spiro atoms. The molecule has 1 saturated carbocycles. The van der Waals surface area contributed by atoms with E-state index in [1.165, 1.54) is 57.2 Å². The number of nitrogens with zero attached hydrogens (tertiary/aromatic N) is 1. The predicted molar refractivity (Wildman–Crippen MR) is 101 cm³/mol. The van der Waals surface area contributed by atoms with Crippen LogP contribution in [0.25, 0.3) is 0 Å². The van der Waals surface area contributed by atoms with Crippen LogP contribution in [0.5, 0.6) is 0 Å². The lowest BCUT2D eigenvalue weighted by molar-refractivity contribution is 0.106. The fourth-order valence-electron chi connectivity index (χ4n) is 4.79. The lowest BCUT2D eigenvalue weighted by Crippen LogP contribution is -2.62. The van der Waals surface area contributed by atoms with Crippen LogP contribution in [0.4, 0.5) is 0 Å². The molecule has 3 fully saturated rings. The Hall–Kier alpha value is -0.610. The van der Waals surface area contributed by atoms with E-state index in [1.54, 1.807) is 0 Å². The monoisotopic (exact) mass is 347 g/mol. The first kappa shape index (κ1) is 16.8. The van der Waals surface area contributed by atoms with Crippen LogP contribution in [0, 0.1) is 0 Å². The maximum Gasteiger partial charge on any atom is 0.0438 e. The minimum absolute atomic E-state index is 0.150. The van der Waals surface area contributed by atoms with E-state index in [9.17, 15) is 0 Å². The minimum Gasteiger partial charge on any atom is -0.311 e. The number of hydrogen-bond donors (Lipinski definition) is 2. The third-order valence-corrected chi connectivity index (χ3v) is 6.80. The summed E-state index contributed by atoms with van der Waals surface area (Å²) in [4.78, 5) is 2.77. The van der Waals surface area contributed by atoms with Crippen LogP contribution >= 0.6 is 11.6 Å². The van der Waals surface area contributed by atoms with Gasteiger partial charge in [0.05, 0.1) is 0 Å². The van der Waals surface area contributed by atoms with Crippen molar-refractivity contribution >= 4 is 11.6 Å². The third-order valence-electron chi connectivity index (χ3n) is 6.43. The summed E-state index contributed by atoms with van der Waals surface area (Å²) in [6.07, 6.45) is 9.04. The number of benzene rings is 1. The van der Waals surface area contributed by atoms with E-state index < -0.39 is 0 Å². The van der Waals surface area contributed by atoms with Crippen molar-refractivity contribution in [2.75, 3.05) is 26.2 Å². The zero-order chi connectivity index (χ0) is 16.4. The average molecular weight is 348 g/mol. The Balaban J connectivity index is 1.55. The third kappa shape index (κ3) is 3.37. The maximum atomic E-state index is 6.49. The van der Waals surface area contributed by atoms with Gasteiger partial charge in [-0.1, -0.05) is 36.2 Å². The second-order valence-corrected chi connectivity index (χ2v) is 8.30. The van der Waals surface area contributed by atoms with Crippen LogP contribution in [0.3, 0.4) is 0 Å². The van der Waals surface area contributed by atoms with Crippen molar-refractivity contribution in [1.82, 2.24) is 15.5 Å². The quantitative estimate of drug-likeness (QED) is 0.875. The average Bonchev–Trinajstić information content (AvgIpc) is 2.87. The minimum atomic E-state index is 0.150. The number of nitrogens with one attached hydrogen (secondary N) is 2. The van der Waals surface area contributed by atoms with Gasteiger partial charge in [0.1, 0.15) is 0 Å². The lowest BCUT2D eigenvalue weighted by Gasteiger charge is -2.43. The van der Waals surface area contributed by atoms with Crippen LogP contribution in [0.1, 0.15) is 44.1 Å². The van der Waals surface area contributed by atoms with Crippen molar-refractivity contribution < 1.29 is 0 Å². The summed E-state index contributed by atoms with van der Waals surface area (Å²) in [5.41, 5.74) is 1.44. The van der Waals surface area contributed by atoms with E-state index in [2.05, 4.69) is 27.7 Å². The summed E-state index contributed by atoms with van der Waals surface area (Å²) >= 11 is 6.49. The molecule has 3 nitrogen and oxygen atoms in total. The van der Waals surface area contributed by atoms with E-state index in [-0.39, 0.29) is 5.54 Å². The first-order valence-electron chi connectivity index (χ1n) is 9.73. The predicted octanol–water partition coefficient (Wildman–Crippen LogP) is 3.22. The van der Waals surface area contributed by atoms with E-state index >= 15 is 0 Å². The Kier molecular flexibility index (Phi) is 5.14. The first-order valence-corrected chi connectivity index (χ1v) is 10.1. The molecule has 4 rings (SSSR count). The van der Waals surface area contributed by atoms with E-state index in [4.69, 9.17) is 11.6 Å². The standard InChI is InChI=1S/C20H30ClN3/c21-18-9-2-1-6-16(18)14-20(10-4-12-23-20)19-15-24(13-5-11-22-19)17-7-3-8-17/h1-2,6,9,17,19,22-23H,3-5,7-8,10-15H2. The van der Waals surface area contributed by atoms with Gasteiger partial charge >= 0.3 is 0 Å². The molecule has 2 heterocycles. The number of halogens is 1. The topological polar surface area (TPSA) is 27.3 Å². The molecule has 4 heteroatoms. The smallest absolute Gasteiger partial charge is 0.0438 e. The van der Waals surface area contributed by atoms with Gasteiger partial charge in [0.2, 0.25) is 0 Å². The van der Waals surface area contributed by atoms with Gasteiger partial charge < -0.3 is 10.6 Å². The van der Waals surface area contributed by atoms with Gasteiger partial charge in [-0.05, 0) is 69.8 Å². The maximum absolute atomic E-state index is 6.49. The summed E-state index contributed by atoms with van der Waals surface area (Å²) in [5, 5.41) is 8.69. The molecule has 132 valence electrons. The molecular weight excluding hydrogens is 318 g/mol. The van der Waals surface area contributed by atoms with Gasteiger partial charge in [-0.15, -0.1) is 0 Å². The molecule has 1 aromatic carbocycles. The Labute approximate surface area is 151 Å². The normalized spacial score (nSPS) is 32.5. The lowest BCUT2D eigenvalue weighted by atomic mass is 9.81. The van der Waals surface area contributed by atoms with Crippen LogP contribution in [-0.4, -0.2) is 48.7 Å². The van der Waals surface area contributed by atoms with Crippen molar-refractivity contribution in [1.29, 1.82) is 0 Å². The largest absolute Gasteiger partial charge is 0.311 e. The van der Waals surface area contributed by atoms with Crippen molar-refractivity contribution in [2.24, 2.45) is 0 Å².